The summed E-state index contributed by atoms with van der Waals surface area (Å²) in [5.74, 6) is 0. The number of nitrogens with zero attached hydrogens (tertiary/aromatic N) is 1. The van der Waals surface area contributed by atoms with Gasteiger partial charge in [-0.3, -0.25) is 0 Å². The number of rotatable bonds is 8. The van der Waals surface area contributed by atoms with Crippen LogP contribution in [0.25, 0.3) is 55.3 Å². The highest BCUT2D eigenvalue weighted by molar-refractivity contribution is 6.06. The maximum atomic E-state index is 2.49. The molecule has 0 fully saturated rings. The highest BCUT2D eigenvalue weighted by Gasteiger charge is 2.46. The minimum Gasteiger partial charge on any atom is -0.310 e. The molecule has 0 heterocycles. The van der Waals surface area contributed by atoms with Gasteiger partial charge in [-0.15, -0.1) is 0 Å². The third-order valence-electron chi connectivity index (χ3n) is 14.3. The lowest BCUT2D eigenvalue weighted by atomic mass is 9.68. The van der Waals surface area contributed by atoms with E-state index >= 15 is 0 Å². The van der Waals surface area contributed by atoms with Crippen LogP contribution in [0.2, 0.25) is 0 Å². The van der Waals surface area contributed by atoms with Crippen molar-refractivity contribution in [1.82, 2.24) is 0 Å². The monoisotopic (exact) mass is 875 g/mol. The summed E-state index contributed by atoms with van der Waals surface area (Å²) in [6, 6.07) is 88.4. The fourth-order valence-electron chi connectivity index (χ4n) is 10.7. The highest BCUT2D eigenvalue weighted by Crippen LogP contribution is 2.57. The lowest BCUT2D eigenvalue weighted by molar-refractivity contribution is 0.590. The second kappa shape index (κ2) is 16.8. The molecular weight excluding hydrogens is 819 g/mol. The molecule has 1 aliphatic carbocycles. The number of benzene rings is 10. The SMILES string of the molecule is CC(C)(C)c1ccc(-c2ccc(-c3c(N(c4ccc(-c5ccc(C(C)(C)C)cc5)cc4)c4ccc5c(c4)-c4ccccc4C5(c4ccccc4)c4ccccc4)ccc4ccccc34)cc2)cc1. The number of hydrogen-bond donors (Lipinski definition) is 0. The quantitative estimate of drug-likeness (QED) is 0.147. The molecule has 330 valence electrons. The summed E-state index contributed by atoms with van der Waals surface area (Å²) < 4.78 is 0. The van der Waals surface area contributed by atoms with E-state index in [1.807, 2.05) is 0 Å². The van der Waals surface area contributed by atoms with Gasteiger partial charge in [-0.25, -0.2) is 0 Å². The van der Waals surface area contributed by atoms with Gasteiger partial charge in [0.05, 0.1) is 11.1 Å². The molecule has 1 aliphatic rings. The minimum atomic E-state index is -0.481. The summed E-state index contributed by atoms with van der Waals surface area (Å²) in [6.45, 7) is 13.6. The molecule has 0 radical (unpaired) electrons. The Morgan fingerprint density at radius 2 is 0.779 bits per heavy atom. The first-order valence-corrected chi connectivity index (χ1v) is 24.1. The lowest BCUT2D eigenvalue weighted by Crippen LogP contribution is -2.28. The normalized spacial score (nSPS) is 13.0. The third-order valence-corrected chi connectivity index (χ3v) is 14.3. The fourth-order valence-corrected chi connectivity index (χ4v) is 10.7. The number of anilines is 3. The molecule has 10 aromatic rings. The molecule has 0 bridgehead atoms. The molecule has 0 spiro atoms. The van der Waals surface area contributed by atoms with Crippen LogP contribution in [0.5, 0.6) is 0 Å². The Morgan fingerprint density at radius 1 is 0.338 bits per heavy atom. The molecule has 0 amide bonds. The summed E-state index contributed by atoms with van der Waals surface area (Å²) in [4.78, 5) is 2.49. The van der Waals surface area contributed by atoms with Gasteiger partial charge in [0.2, 0.25) is 0 Å². The van der Waals surface area contributed by atoms with Crippen LogP contribution in [-0.4, -0.2) is 0 Å². The molecule has 68 heavy (non-hydrogen) atoms. The molecule has 1 heteroatoms. The zero-order valence-electron chi connectivity index (χ0n) is 40.0. The predicted octanol–water partition coefficient (Wildman–Crippen LogP) is 18.3. The van der Waals surface area contributed by atoms with Crippen molar-refractivity contribution < 1.29 is 0 Å². The van der Waals surface area contributed by atoms with Crippen LogP contribution < -0.4 is 4.90 Å². The second-order valence-electron chi connectivity index (χ2n) is 20.6. The van der Waals surface area contributed by atoms with E-state index in [9.17, 15) is 0 Å². The Labute approximate surface area is 403 Å². The van der Waals surface area contributed by atoms with Crippen LogP contribution in [-0.2, 0) is 16.2 Å². The molecular formula is C67H57N. The van der Waals surface area contributed by atoms with Crippen LogP contribution in [0.3, 0.4) is 0 Å². The van der Waals surface area contributed by atoms with Gasteiger partial charge in [0, 0.05) is 16.9 Å². The standard InChI is InChI=1S/C67H57N/c1-65(2,3)52-36-29-47(30-37-52)46-25-27-51(28-26-46)64-58-22-14-13-17-50(58)35-44-63(64)68(56-40-33-49(34-41-56)48-31-38-53(39-32-48)66(4,5)6)57-42-43-62-60(45-57)59-23-15-16-24-61(59)67(62,54-18-9-7-10-19-54)55-20-11-8-12-21-55/h7-45H,1-6H3. The summed E-state index contributed by atoms with van der Waals surface area (Å²) >= 11 is 0. The molecule has 0 saturated heterocycles. The van der Waals surface area contributed by atoms with Crippen LogP contribution in [0.1, 0.15) is 74.9 Å². The molecule has 1 nitrogen and oxygen atoms in total. The first-order valence-electron chi connectivity index (χ1n) is 24.1. The van der Waals surface area contributed by atoms with Crippen molar-refractivity contribution in [2.45, 2.75) is 57.8 Å². The van der Waals surface area contributed by atoms with Gasteiger partial charge in [-0.1, -0.05) is 248 Å². The van der Waals surface area contributed by atoms with E-state index in [2.05, 4.69) is 283 Å². The molecule has 10 aromatic carbocycles. The third kappa shape index (κ3) is 7.44. The van der Waals surface area contributed by atoms with Gasteiger partial charge in [-0.2, -0.15) is 0 Å². The topological polar surface area (TPSA) is 3.24 Å². The minimum absolute atomic E-state index is 0.0939. The Hall–Kier alpha value is -7.74. The summed E-state index contributed by atoms with van der Waals surface area (Å²) in [5, 5.41) is 2.42. The largest absolute Gasteiger partial charge is 0.310 e. The van der Waals surface area contributed by atoms with E-state index in [0.717, 1.165) is 17.1 Å². The molecule has 0 N–H and O–H groups in total. The molecule has 11 rings (SSSR count). The Balaban J connectivity index is 1.11. The van der Waals surface area contributed by atoms with Crippen LogP contribution in [0, 0.1) is 0 Å². The van der Waals surface area contributed by atoms with E-state index in [0.29, 0.717) is 0 Å². The van der Waals surface area contributed by atoms with E-state index in [4.69, 9.17) is 0 Å². The molecule has 0 aliphatic heterocycles. The average Bonchev–Trinajstić information content (AvgIpc) is 3.67. The van der Waals surface area contributed by atoms with Crippen molar-refractivity contribution in [3.05, 3.63) is 270 Å². The van der Waals surface area contributed by atoms with Crippen LogP contribution in [0.4, 0.5) is 17.1 Å². The van der Waals surface area contributed by atoms with Crippen molar-refractivity contribution in [1.29, 1.82) is 0 Å². The Morgan fingerprint density at radius 3 is 1.34 bits per heavy atom. The van der Waals surface area contributed by atoms with E-state index in [1.54, 1.807) is 0 Å². The first kappa shape index (κ1) is 42.9. The van der Waals surface area contributed by atoms with E-state index in [-0.39, 0.29) is 10.8 Å². The summed E-state index contributed by atoms with van der Waals surface area (Å²) in [6.07, 6.45) is 0. The van der Waals surface area contributed by atoms with Gasteiger partial charge in [0.15, 0.2) is 0 Å². The van der Waals surface area contributed by atoms with Gasteiger partial charge in [-0.05, 0) is 124 Å². The van der Waals surface area contributed by atoms with E-state index < -0.39 is 5.41 Å². The smallest absolute Gasteiger partial charge is 0.0713 e. The molecule has 0 saturated carbocycles. The number of hydrogen-bond acceptors (Lipinski definition) is 1. The zero-order chi connectivity index (χ0) is 46.6. The molecule has 0 atom stereocenters. The maximum absolute atomic E-state index is 2.49. The van der Waals surface area contributed by atoms with Crippen LogP contribution >= 0.6 is 0 Å². The van der Waals surface area contributed by atoms with Gasteiger partial charge >= 0.3 is 0 Å². The second-order valence-corrected chi connectivity index (χ2v) is 20.6. The predicted molar refractivity (Wildman–Crippen MR) is 290 cm³/mol. The van der Waals surface area contributed by atoms with Crippen molar-refractivity contribution in [3.8, 4) is 44.5 Å². The van der Waals surface area contributed by atoms with E-state index in [1.165, 1.54) is 88.7 Å². The molecule has 0 aromatic heterocycles. The van der Waals surface area contributed by atoms with Crippen molar-refractivity contribution in [2.75, 3.05) is 4.90 Å². The van der Waals surface area contributed by atoms with Crippen molar-refractivity contribution in [2.24, 2.45) is 0 Å². The van der Waals surface area contributed by atoms with Crippen LogP contribution in [0.15, 0.2) is 237 Å². The Kier molecular flexibility index (Phi) is 10.6. The van der Waals surface area contributed by atoms with Gasteiger partial charge < -0.3 is 4.90 Å². The Bertz CT molecular complexity index is 3360. The zero-order valence-corrected chi connectivity index (χ0v) is 40.0. The first-order chi connectivity index (χ1) is 33.0. The van der Waals surface area contributed by atoms with Gasteiger partial charge in [0.1, 0.15) is 0 Å². The average molecular weight is 876 g/mol. The maximum Gasteiger partial charge on any atom is 0.0713 e. The van der Waals surface area contributed by atoms with Gasteiger partial charge in [0.25, 0.3) is 0 Å². The fraction of sp³-hybridized carbons (Fsp3) is 0.134. The lowest BCUT2D eigenvalue weighted by Gasteiger charge is -2.34. The number of fused-ring (bicyclic) bond motifs is 4. The van der Waals surface area contributed by atoms with Crippen molar-refractivity contribution >= 4 is 27.8 Å². The van der Waals surface area contributed by atoms with Crippen molar-refractivity contribution in [3.63, 3.8) is 0 Å². The summed E-state index contributed by atoms with van der Waals surface area (Å²) in [5.41, 5.74) is 20.5. The summed E-state index contributed by atoms with van der Waals surface area (Å²) in [7, 11) is 0. The highest BCUT2D eigenvalue weighted by atomic mass is 15.1. The molecule has 0 unspecified atom stereocenters.